The van der Waals surface area contributed by atoms with E-state index < -0.39 is 25.4 Å². The third-order valence-electron chi connectivity index (χ3n) is 2.48. The van der Waals surface area contributed by atoms with Crippen LogP contribution in [-0.4, -0.2) is 41.4 Å². The number of anilines is 1. The predicted octanol–water partition coefficient (Wildman–Crippen LogP) is 0.830. The highest BCUT2D eigenvalue weighted by atomic mass is 32.2. The van der Waals surface area contributed by atoms with Gasteiger partial charge < -0.3 is 5.32 Å². The Morgan fingerprint density at radius 3 is 1.90 bits per heavy atom. The molecule has 1 aromatic rings. The molecule has 0 aliphatic carbocycles. The lowest BCUT2D eigenvalue weighted by Gasteiger charge is -2.25. The van der Waals surface area contributed by atoms with Crippen molar-refractivity contribution in [2.24, 2.45) is 0 Å². The molecule has 0 atom stereocenters. The fourth-order valence-electron chi connectivity index (χ4n) is 1.68. The first-order valence-corrected chi connectivity index (χ1v) is 9.70. The van der Waals surface area contributed by atoms with Crippen molar-refractivity contribution >= 4 is 25.5 Å². The molecule has 6 nitrogen and oxygen atoms in total. The van der Waals surface area contributed by atoms with Crippen molar-refractivity contribution in [2.75, 3.05) is 24.4 Å². The molecular weight excluding hydrogens is 300 g/mol. The van der Waals surface area contributed by atoms with E-state index in [1.807, 2.05) is 0 Å². The SMILES string of the molecule is CC(C)(CNc1ccc(S(C)(=O)=O)cc1)NS(C)(=O)=O. The molecule has 0 radical (unpaired) electrons. The molecule has 20 heavy (non-hydrogen) atoms. The monoisotopic (exact) mass is 320 g/mol. The quantitative estimate of drug-likeness (QED) is 0.810. The van der Waals surface area contributed by atoms with E-state index in [0.29, 0.717) is 6.54 Å². The van der Waals surface area contributed by atoms with Crippen molar-refractivity contribution in [3.05, 3.63) is 24.3 Å². The summed E-state index contributed by atoms with van der Waals surface area (Å²) in [7, 11) is -6.49. The minimum Gasteiger partial charge on any atom is -0.383 e. The first kappa shape index (κ1) is 16.9. The van der Waals surface area contributed by atoms with E-state index in [4.69, 9.17) is 0 Å². The molecule has 1 rings (SSSR count). The van der Waals surface area contributed by atoms with Crippen molar-refractivity contribution in [1.82, 2.24) is 4.72 Å². The van der Waals surface area contributed by atoms with Crippen LogP contribution in [0.15, 0.2) is 29.2 Å². The van der Waals surface area contributed by atoms with Crippen molar-refractivity contribution < 1.29 is 16.8 Å². The summed E-state index contributed by atoms with van der Waals surface area (Å²) < 4.78 is 47.6. The highest BCUT2D eigenvalue weighted by Gasteiger charge is 2.21. The number of hydrogen-bond acceptors (Lipinski definition) is 5. The number of sulfonamides is 1. The van der Waals surface area contributed by atoms with E-state index in [9.17, 15) is 16.8 Å². The average Bonchev–Trinajstić information content (AvgIpc) is 2.22. The smallest absolute Gasteiger partial charge is 0.209 e. The highest BCUT2D eigenvalue weighted by Crippen LogP contribution is 2.15. The Morgan fingerprint density at radius 2 is 1.50 bits per heavy atom. The zero-order valence-corrected chi connectivity index (χ0v) is 13.6. The summed E-state index contributed by atoms with van der Waals surface area (Å²) in [5, 5.41) is 3.06. The third kappa shape index (κ3) is 5.89. The largest absolute Gasteiger partial charge is 0.383 e. The molecule has 8 heteroatoms. The molecule has 0 bridgehead atoms. The molecule has 0 saturated carbocycles. The summed E-state index contributed by atoms with van der Waals surface area (Å²) in [6, 6.07) is 6.31. The molecule has 0 heterocycles. The number of sulfone groups is 1. The average molecular weight is 320 g/mol. The maximum atomic E-state index is 11.3. The third-order valence-corrected chi connectivity index (χ3v) is 4.53. The van der Waals surface area contributed by atoms with E-state index in [-0.39, 0.29) is 4.90 Å². The lowest BCUT2D eigenvalue weighted by Crippen LogP contribution is -2.47. The molecule has 0 aliphatic rings. The van der Waals surface area contributed by atoms with Crippen LogP contribution < -0.4 is 10.0 Å². The van der Waals surface area contributed by atoms with Gasteiger partial charge in [-0.2, -0.15) is 0 Å². The molecule has 0 aromatic heterocycles. The van der Waals surface area contributed by atoms with Crippen LogP contribution in [0.2, 0.25) is 0 Å². The fourth-order valence-corrected chi connectivity index (χ4v) is 3.39. The van der Waals surface area contributed by atoms with Crippen LogP contribution in [0.25, 0.3) is 0 Å². The van der Waals surface area contributed by atoms with Crippen LogP contribution in [0.4, 0.5) is 5.69 Å². The molecule has 1 aromatic carbocycles. The van der Waals surface area contributed by atoms with Crippen LogP contribution in [0.3, 0.4) is 0 Å². The summed E-state index contributed by atoms with van der Waals surface area (Å²) in [6.07, 6.45) is 2.25. The summed E-state index contributed by atoms with van der Waals surface area (Å²) >= 11 is 0. The Labute approximate surface area is 120 Å². The zero-order chi connectivity index (χ0) is 15.6. The fraction of sp³-hybridized carbons (Fsp3) is 0.500. The van der Waals surface area contributed by atoms with E-state index >= 15 is 0 Å². The van der Waals surface area contributed by atoms with Crippen molar-refractivity contribution in [3.63, 3.8) is 0 Å². The molecule has 0 fully saturated rings. The Bertz CT molecular complexity index is 662. The van der Waals surface area contributed by atoms with Crippen LogP contribution in [-0.2, 0) is 19.9 Å². The van der Waals surface area contributed by atoms with Crippen molar-refractivity contribution in [1.29, 1.82) is 0 Å². The Hall–Kier alpha value is -1.12. The predicted molar refractivity (Wildman–Crippen MR) is 80.1 cm³/mol. The molecule has 0 unspecified atom stereocenters. The first-order valence-electron chi connectivity index (χ1n) is 5.92. The van der Waals surface area contributed by atoms with Gasteiger partial charge in [0.2, 0.25) is 10.0 Å². The van der Waals surface area contributed by atoms with E-state index in [1.54, 1.807) is 26.0 Å². The van der Waals surface area contributed by atoms with Gasteiger partial charge in [-0.3, -0.25) is 0 Å². The summed E-state index contributed by atoms with van der Waals surface area (Å²) in [5.41, 5.74) is 0.0732. The first-order chi connectivity index (χ1) is 8.89. The Balaban J connectivity index is 2.71. The molecule has 0 spiro atoms. The minimum atomic E-state index is -3.28. The maximum Gasteiger partial charge on any atom is 0.209 e. The van der Waals surface area contributed by atoms with Gasteiger partial charge >= 0.3 is 0 Å². The molecule has 0 aliphatic heterocycles. The zero-order valence-electron chi connectivity index (χ0n) is 12.0. The number of rotatable bonds is 6. The summed E-state index contributed by atoms with van der Waals surface area (Å²) in [5.74, 6) is 0. The van der Waals surface area contributed by atoms with Gasteiger partial charge in [-0.25, -0.2) is 21.6 Å². The van der Waals surface area contributed by atoms with Crippen LogP contribution in [0, 0.1) is 0 Å². The van der Waals surface area contributed by atoms with E-state index in [0.717, 1.165) is 18.2 Å². The van der Waals surface area contributed by atoms with Gasteiger partial charge in [-0.05, 0) is 38.1 Å². The number of hydrogen-bond donors (Lipinski definition) is 2. The van der Waals surface area contributed by atoms with Crippen LogP contribution in [0.5, 0.6) is 0 Å². The van der Waals surface area contributed by atoms with Gasteiger partial charge in [0.05, 0.1) is 11.2 Å². The van der Waals surface area contributed by atoms with Crippen LogP contribution >= 0.6 is 0 Å². The van der Waals surface area contributed by atoms with Crippen molar-refractivity contribution in [3.8, 4) is 0 Å². The minimum absolute atomic E-state index is 0.247. The summed E-state index contributed by atoms with van der Waals surface area (Å²) in [6.45, 7) is 3.89. The van der Waals surface area contributed by atoms with E-state index in [2.05, 4.69) is 10.0 Å². The summed E-state index contributed by atoms with van der Waals surface area (Å²) in [4.78, 5) is 0.247. The molecule has 0 saturated heterocycles. The number of benzene rings is 1. The van der Waals surface area contributed by atoms with Gasteiger partial charge in [0, 0.05) is 24.0 Å². The second-order valence-corrected chi connectivity index (χ2v) is 9.17. The molecular formula is C12H20N2O4S2. The van der Waals surface area contributed by atoms with Gasteiger partial charge in [0.15, 0.2) is 9.84 Å². The highest BCUT2D eigenvalue weighted by molar-refractivity contribution is 7.90. The lowest BCUT2D eigenvalue weighted by molar-refractivity contribution is 0.476. The Morgan fingerprint density at radius 1 is 1.00 bits per heavy atom. The second-order valence-electron chi connectivity index (χ2n) is 5.41. The lowest BCUT2D eigenvalue weighted by atomic mass is 10.1. The standard InChI is InChI=1S/C12H20N2O4S2/c1-12(2,14-20(4,17)18)9-13-10-5-7-11(8-6-10)19(3,15)16/h5-8,13-14H,9H2,1-4H3. The van der Waals surface area contributed by atoms with Gasteiger partial charge in [0.1, 0.15) is 0 Å². The number of nitrogens with one attached hydrogen (secondary N) is 2. The van der Waals surface area contributed by atoms with Gasteiger partial charge in [0.25, 0.3) is 0 Å². The van der Waals surface area contributed by atoms with Crippen LogP contribution in [0.1, 0.15) is 13.8 Å². The topological polar surface area (TPSA) is 92.3 Å². The Kier molecular flexibility index (Phi) is 4.83. The second kappa shape index (κ2) is 5.71. The molecule has 2 N–H and O–H groups in total. The molecule has 0 amide bonds. The molecule has 114 valence electrons. The van der Waals surface area contributed by atoms with E-state index in [1.165, 1.54) is 12.1 Å². The van der Waals surface area contributed by atoms with Gasteiger partial charge in [-0.1, -0.05) is 0 Å². The van der Waals surface area contributed by atoms with Gasteiger partial charge in [-0.15, -0.1) is 0 Å². The normalized spacial score (nSPS) is 13.2. The maximum absolute atomic E-state index is 11.3. The van der Waals surface area contributed by atoms with Crippen molar-refractivity contribution in [2.45, 2.75) is 24.3 Å².